The van der Waals surface area contributed by atoms with Gasteiger partial charge in [0.15, 0.2) is 0 Å². The Labute approximate surface area is 165 Å². The van der Waals surface area contributed by atoms with Crippen molar-refractivity contribution in [2.75, 3.05) is 25.0 Å². The summed E-state index contributed by atoms with van der Waals surface area (Å²) in [6.45, 7) is 2.83. The number of amides is 2. The van der Waals surface area contributed by atoms with E-state index in [0.29, 0.717) is 24.2 Å². The number of fused-ring (bicyclic) bond motifs is 2. The van der Waals surface area contributed by atoms with Gasteiger partial charge in [0, 0.05) is 24.2 Å². The Morgan fingerprint density at radius 3 is 2.18 bits per heavy atom. The smallest absolute Gasteiger partial charge is 0.313 e. The standard InChI is InChI=1S/C23H25N3O2/c27-22(24-18-9-5-2-6-10-18)23(28)26-15-19(16-7-3-1-4-8-16)21-20(26)17-11-13-25(21)14-12-17/h1-10,17,19-21H,11-15H2,(H,24,27)/t19-,20+,21+/m0/s1. The molecular weight excluding hydrogens is 350 g/mol. The van der Waals surface area contributed by atoms with E-state index in [4.69, 9.17) is 0 Å². The van der Waals surface area contributed by atoms with Crippen molar-refractivity contribution in [2.45, 2.75) is 30.8 Å². The predicted octanol–water partition coefficient (Wildman–Crippen LogP) is 2.71. The lowest BCUT2D eigenvalue weighted by molar-refractivity contribution is -0.146. The molecule has 1 N–H and O–H groups in total. The molecule has 4 heterocycles. The number of benzene rings is 2. The van der Waals surface area contributed by atoms with Crippen LogP contribution in [-0.2, 0) is 9.59 Å². The molecule has 5 nitrogen and oxygen atoms in total. The lowest BCUT2D eigenvalue weighted by Crippen LogP contribution is -2.61. The maximum atomic E-state index is 13.2. The third kappa shape index (κ3) is 2.90. The minimum Gasteiger partial charge on any atom is -0.329 e. The average molecular weight is 375 g/mol. The van der Waals surface area contributed by atoms with Gasteiger partial charge in [-0.2, -0.15) is 0 Å². The molecular formula is C23H25N3O2. The van der Waals surface area contributed by atoms with Crippen molar-refractivity contribution in [3.8, 4) is 0 Å². The number of hydrogen-bond donors (Lipinski definition) is 1. The highest BCUT2D eigenvalue weighted by Crippen LogP contribution is 2.46. The summed E-state index contributed by atoms with van der Waals surface area (Å²) in [5.41, 5.74) is 1.92. The van der Waals surface area contributed by atoms with Crippen molar-refractivity contribution < 1.29 is 9.59 Å². The number of likely N-dealkylation sites (tertiary alicyclic amines) is 1. The van der Waals surface area contributed by atoms with Gasteiger partial charge in [-0.3, -0.25) is 14.5 Å². The molecule has 3 atom stereocenters. The zero-order valence-electron chi connectivity index (χ0n) is 15.8. The molecule has 0 unspecified atom stereocenters. The molecule has 2 bridgehead atoms. The van der Waals surface area contributed by atoms with E-state index in [0.717, 1.165) is 25.9 Å². The van der Waals surface area contributed by atoms with Crippen molar-refractivity contribution in [1.29, 1.82) is 0 Å². The van der Waals surface area contributed by atoms with E-state index in [1.807, 2.05) is 29.2 Å². The van der Waals surface area contributed by atoms with Crippen molar-refractivity contribution in [3.05, 3.63) is 66.2 Å². The van der Waals surface area contributed by atoms with Crippen molar-refractivity contribution in [1.82, 2.24) is 9.80 Å². The van der Waals surface area contributed by atoms with Gasteiger partial charge in [-0.1, -0.05) is 48.5 Å². The average Bonchev–Trinajstić information content (AvgIpc) is 3.18. The third-order valence-electron chi connectivity index (χ3n) is 6.71. The number of carbonyl (C=O) groups excluding carboxylic acids is 2. The van der Waals surface area contributed by atoms with E-state index < -0.39 is 11.8 Å². The normalized spacial score (nSPS) is 30.7. The molecule has 2 aromatic carbocycles. The summed E-state index contributed by atoms with van der Waals surface area (Å²) in [6.07, 6.45) is 2.24. The van der Waals surface area contributed by atoms with Crippen LogP contribution in [-0.4, -0.2) is 53.3 Å². The van der Waals surface area contributed by atoms with Crippen molar-refractivity contribution in [3.63, 3.8) is 0 Å². The zero-order valence-corrected chi connectivity index (χ0v) is 15.8. The van der Waals surface area contributed by atoms with Crippen LogP contribution in [0.4, 0.5) is 5.69 Å². The third-order valence-corrected chi connectivity index (χ3v) is 6.71. The fraction of sp³-hybridized carbons (Fsp3) is 0.391. The lowest BCUT2D eigenvalue weighted by atomic mass is 9.75. The molecule has 4 saturated heterocycles. The molecule has 0 aliphatic carbocycles. The van der Waals surface area contributed by atoms with E-state index in [9.17, 15) is 9.59 Å². The Morgan fingerprint density at radius 2 is 1.50 bits per heavy atom. The fourth-order valence-electron chi connectivity index (χ4n) is 5.48. The van der Waals surface area contributed by atoms with Crippen molar-refractivity contribution in [2.24, 2.45) is 5.92 Å². The molecule has 2 amide bonds. The number of carbonyl (C=O) groups is 2. The Morgan fingerprint density at radius 1 is 0.857 bits per heavy atom. The summed E-state index contributed by atoms with van der Waals surface area (Å²) in [7, 11) is 0. The second kappa shape index (κ2) is 7.06. The number of nitrogens with zero attached hydrogens (tertiary/aromatic N) is 2. The monoisotopic (exact) mass is 375 g/mol. The number of hydrogen-bond acceptors (Lipinski definition) is 3. The highest BCUT2D eigenvalue weighted by molar-refractivity contribution is 6.39. The van der Waals surface area contributed by atoms with Gasteiger partial charge in [0.25, 0.3) is 0 Å². The van der Waals surface area contributed by atoms with Gasteiger partial charge in [0.2, 0.25) is 0 Å². The highest BCUT2D eigenvalue weighted by Gasteiger charge is 2.55. The summed E-state index contributed by atoms with van der Waals surface area (Å²) < 4.78 is 0. The van der Waals surface area contributed by atoms with Gasteiger partial charge >= 0.3 is 11.8 Å². The van der Waals surface area contributed by atoms with E-state index in [-0.39, 0.29) is 12.0 Å². The van der Waals surface area contributed by atoms with Crippen molar-refractivity contribution >= 4 is 17.5 Å². The minimum absolute atomic E-state index is 0.140. The van der Waals surface area contributed by atoms with E-state index >= 15 is 0 Å². The number of rotatable bonds is 2. The largest absolute Gasteiger partial charge is 0.329 e. The lowest BCUT2D eigenvalue weighted by Gasteiger charge is -2.51. The molecule has 144 valence electrons. The molecule has 5 heteroatoms. The first-order chi connectivity index (χ1) is 13.7. The SMILES string of the molecule is O=C(Nc1ccccc1)C(=O)N1C[C@@H](c2ccccc2)[C@@H]2[C@H]1C1CCN2CC1. The van der Waals surface area contributed by atoms with Crippen LogP contribution in [0.3, 0.4) is 0 Å². The summed E-state index contributed by atoms with van der Waals surface area (Å²) in [5.74, 6) is -0.166. The predicted molar refractivity (Wildman–Crippen MR) is 108 cm³/mol. The van der Waals surface area contributed by atoms with Crippen LogP contribution in [0.2, 0.25) is 0 Å². The van der Waals surface area contributed by atoms with E-state index in [2.05, 4.69) is 34.5 Å². The Kier molecular flexibility index (Phi) is 4.40. The zero-order chi connectivity index (χ0) is 19.1. The van der Waals surface area contributed by atoms with Crippen LogP contribution in [0.1, 0.15) is 24.3 Å². The molecule has 6 rings (SSSR count). The Balaban J connectivity index is 1.42. The van der Waals surface area contributed by atoms with Gasteiger partial charge in [0.05, 0.1) is 6.04 Å². The quantitative estimate of drug-likeness (QED) is 0.821. The maximum Gasteiger partial charge on any atom is 0.313 e. The highest BCUT2D eigenvalue weighted by atomic mass is 16.2. The van der Waals surface area contributed by atoms with Crippen LogP contribution in [0.5, 0.6) is 0 Å². The number of nitrogens with one attached hydrogen (secondary N) is 1. The van der Waals surface area contributed by atoms with Gasteiger partial charge in [-0.05, 0) is 49.5 Å². The van der Waals surface area contributed by atoms with Crippen LogP contribution < -0.4 is 5.32 Å². The molecule has 28 heavy (non-hydrogen) atoms. The van der Waals surface area contributed by atoms with Crippen LogP contribution in [0, 0.1) is 5.92 Å². The number of para-hydroxylation sites is 1. The van der Waals surface area contributed by atoms with E-state index in [1.54, 1.807) is 12.1 Å². The summed E-state index contributed by atoms with van der Waals surface area (Å²) >= 11 is 0. The van der Waals surface area contributed by atoms with Crippen LogP contribution in [0.25, 0.3) is 0 Å². The van der Waals surface area contributed by atoms with Gasteiger partial charge in [0.1, 0.15) is 0 Å². The van der Waals surface area contributed by atoms with Gasteiger partial charge < -0.3 is 10.2 Å². The number of piperidine rings is 3. The van der Waals surface area contributed by atoms with Crippen LogP contribution in [0.15, 0.2) is 60.7 Å². The first kappa shape index (κ1) is 17.4. The molecule has 4 fully saturated rings. The Hall–Kier alpha value is -2.66. The molecule has 2 aromatic rings. The second-order valence-corrected chi connectivity index (χ2v) is 8.15. The summed E-state index contributed by atoms with van der Waals surface area (Å²) in [6, 6.07) is 20.1. The first-order valence-electron chi connectivity index (χ1n) is 10.2. The maximum absolute atomic E-state index is 13.2. The molecule has 0 saturated carbocycles. The topological polar surface area (TPSA) is 52.7 Å². The number of anilines is 1. The molecule has 0 aromatic heterocycles. The second-order valence-electron chi connectivity index (χ2n) is 8.15. The van der Waals surface area contributed by atoms with Crippen LogP contribution >= 0.6 is 0 Å². The Bertz CT molecular complexity index is 862. The molecule has 0 spiro atoms. The fourth-order valence-corrected chi connectivity index (χ4v) is 5.48. The first-order valence-corrected chi connectivity index (χ1v) is 10.2. The van der Waals surface area contributed by atoms with Gasteiger partial charge in [-0.15, -0.1) is 0 Å². The molecule has 4 aliphatic rings. The summed E-state index contributed by atoms with van der Waals surface area (Å²) in [5, 5.41) is 2.77. The minimum atomic E-state index is -0.532. The molecule has 4 aliphatic heterocycles. The summed E-state index contributed by atoms with van der Waals surface area (Å²) in [4.78, 5) is 30.3. The molecule has 0 radical (unpaired) electrons. The van der Waals surface area contributed by atoms with E-state index in [1.165, 1.54) is 5.56 Å². The van der Waals surface area contributed by atoms with Gasteiger partial charge in [-0.25, -0.2) is 0 Å².